The van der Waals surface area contributed by atoms with Gasteiger partial charge in [0.25, 0.3) is 0 Å². The second-order valence-corrected chi connectivity index (χ2v) is 7.36. The molecule has 5 nitrogen and oxygen atoms in total. The lowest BCUT2D eigenvalue weighted by Crippen LogP contribution is -2.25. The fourth-order valence-corrected chi connectivity index (χ4v) is 4.10. The number of aromatic nitrogens is 3. The average Bonchev–Trinajstić information content (AvgIpc) is 3.00. The van der Waals surface area contributed by atoms with Crippen LogP contribution >= 0.6 is 15.9 Å². The van der Waals surface area contributed by atoms with E-state index in [4.69, 9.17) is 5.10 Å². The molecule has 0 aliphatic carbocycles. The molecule has 1 aliphatic heterocycles. The van der Waals surface area contributed by atoms with Crippen LogP contribution < -0.4 is 5.32 Å². The van der Waals surface area contributed by atoms with Crippen LogP contribution in [0.3, 0.4) is 0 Å². The summed E-state index contributed by atoms with van der Waals surface area (Å²) in [6.45, 7) is 4.79. The number of nitrogens with zero attached hydrogens (tertiary/aromatic N) is 3. The summed E-state index contributed by atoms with van der Waals surface area (Å²) in [6.07, 6.45) is 2.18. The molecule has 1 aromatic carbocycles. The first-order valence-corrected chi connectivity index (χ1v) is 9.45. The smallest absolute Gasteiger partial charge is 0.226 e. The molecular weight excluding hydrogens is 392 g/mol. The Hall–Kier alpha value is -2.47. The molecule has 26 heavy (non-hydrogen) atoms. The Morgan fingerprint density at radius 2 is 2.15 bits per heavy atom. The summed E-state index contributed by atoms with van der Waals surface area (Å²) in [5.41, 5.74) is 5.02. The second-order valence-electron chi connectivity index (χ2n) is 6.45. The lowest BCUT2D eigenvalue weighted by Gasteiger charge is -2.26. The molecule has 1 atom stereocenters. The van der Waals surface area contributed by atoms with E-state index < -0.39 is 0 Å². The van der Waals surface area contributed by atoms with Crippen LogP contribution in [0.5, 0.6) is 0 Å². The van der Waals surface area contributed by atoms with Gasteiger partial charge in [-0.15, -0.1) is 0 Å². The van der Waals surface area contributed by atoms with E-state index in [2.05, 4.69) is 45.3 Å². The van der Waals surface area contributed by atoms with E-state index in [0.29, 0.717) is 13.0 Å². The van der Waals surface area contributed by atoms with Gasteiger partial charge in [-0.2, -0.15) is 5.10 Å². The van der Waals surface area contributed by atoms with E-state index in [1.54, 1.807) is 6.20 Å². The molecule has 3 aromatic rings. The van der Waals surface area contributed by atoms with Gasteiger partial charge in [0.05, 0.1) is 5.69 Å². The van der Waals surface area contributed by atoms with Crippen LogP contribution in [0.2, 0.25) is 0 Å². The lowest BCUT2D eigenvalue weighted by atomic mass is 9.83. The van der Waals surface area contributed by atoms with Crippen molar-refractivity contribution in [1.29, 1.82) is 0 Å². The standard InChI is InChI=1S/C20H19BrN4O/c1-3-25-20-18(19(24-25)16-6-4-5-9-22-16)15(11-17(26)23-20)14-8-7-13(21)10-12(14)2/h4-10,15H,3,11H2,1-2H3,(H,23,26). The number of pyridine rings is 1. The number of carbonyl (C=O) groups excluding carboxylic acids is 1. The Morgan fingerprint density at radius 3 is 2.85 bits per heavy atom. The van der Waals surface area contributed by atoms with Crippen molar-refractivity contribution in [1.82, 2.24) is 14.8 Å². The third-order valence-electron chi connectivity index (χ3n) is 4.80. The summed E-state index contributed by atoms with van der Waals surface area (Å²) in [5, 5.41) is 7.79. The molecule has 0 fully saturated rings. The molecule has 1 N–H and O–H groups in total. The van der Waals surface area contributed by atoms with Gasteiger partial charge in [-0.3, -0.25) is 9.78 Å². The summed E-state index contributed by atoms with van der Waals surface area (Å²) in [5.74, 6) is 0.771. The first-order valence-electron chi connectivity index (χ1n) is 8.66. The fraction of sp³-hybridized carbons (Fsp3) is 0.250. The van der Waals surface area contributed by atoms with Gasteiger partial charge in [-0.1, -0.05) is 28.1 Å². The number of fused-ring (bicyclic) bond motifs is 1. The topological polar surface area (TPSA) is 59.8 Å². The molecular formula is C20H19BrN4O. The number of hydrogen-bond donors (Lipinski definition) is 1. The van der Waals surface area contributed by atoms with Crippen molar-refractivity contribution >= 4 is 27.7 Å². The summed E-state index contributed by atoms with van der Waals surface area (Å²) in [7, 11) is 0. The maximum atomic E-state index is 12.4. The minimum absolute atomic E-state index is 0.0204. The fourth-order valence-electron chi connectivity index (χ4n) is 3.62. The average molecular weight is 411 g/mol. The van der Waals surface area contributed by atoms with Crippen LogP contribution in [0.25, 0.3) is 11.4 Å². The number of halogens is 1. The summed E-state index contributed by atoms with van der Waals surface area (Å²) in [4.78, 5) is 16.9. The molecule has 0 saturated carbocycles. The van der Waals surface area contributed by atoms with Crippen LogP contribution in [0.4, 0.5) is 5.82 Å². The van der Waals surface area contributed by atoms with Crippen molar-refractivity contribution in [2.24, 2.45) is 0 Å². The van der Waals surface area contributed by atoms with E-state index in [1.807, 2.05) is 35.9 Å². The molecule has 132 valence electrons. The minimum atomic E-state index is -0.0378. The normalized spacial score (nSPS) is 16.3. The van der Waals surface area contributed by atoms with Gasteiger partial charge in [0, 0.05) is 35.1 Å². The molecule has 0 radical (unpaired) electrons. The molecule has 0 saturated heterocycles. The van der Waals surface area contributed by atoms with Crippen LogP contribution in [-0.4, -0.2) is 20.7 Å². The molecule has 1 aliphatic rings. The first kappa shape index (κ1) is 17.0. The highest BCUT2D eigenvalue weighted by Gasteiger charge is 2.34. The van der Waals surface area contributed by atoms with Gasteiger partial charge in [-0.05, 0) is 49.2 Å². The molecule has 6 heteroatoms. The Bertz CT molecular complexity index is 981. The van der Waals surface area contributed by atoms with Crippen LogP contribution in [0.15, 0.2) is 47.1 Å². The van der Waals surface area contributed by atoms with Crippen LogP contribution in [0.1, 0.15) is 36.0 Å². The summed E-state index contributed by atoms with van der Waals surface area (Å²) in [6, 6.07) is 12.0. The number of benzene rings is 1. The molecule has 2 aromatic heterocycles. The van der Waals surface area contributed by atoms with Crippen molar-refractivity contribution in [3.63, 3.8) is 0 Å². The predicted molar refractivity (Wildman–Crippen MR) is 105 cm³/mol. The van der Waals surface area contributed by atoms with Gasteiger partial charge in [-0.25, -0.2) is 4.68 Å². The van der Waals surface area contributed by atoms with Gasteiger partial charge in [0.1, 0.15) is 11.5 Å². The molecule has 0 bridgehead atoms. The summed E-state index contributed by atoms with van der Waals surface area (Å²) >= 11 is 3.52. The van der Waals surface area contributed by atoms with Gasteiger partial charge >= 0.3 is 0 Å². The zero-order valence-corrected chi connectivity index (χ0v) is 16.2. The molecule has 0 spiro atoms. The highest BCUT2D eigenvalue weighted by molar-refractivity contribution is 9.10. The zero-order chi connectivity index (χ0) is 18.3. The zero-order valence-electron chi connectivity index (χ0n) is 14.7. The van der Waals surface area contributed by atoms with Crippen molar-refractivity contribution < 1.29 is 4.79 Å². The Kier molecular flexibility index (Phi) is 4.36. The predicted octanol–water partition coefficient (Wildman–Crippen LogP) is 4.51. The maximum absolute atomic E-state index is 12.4. The highest BCUT2D eigenvalue weighted by atomic mass is 79.9. The Morgan fingerprint density at radius 1 is 1.31 bits per heavy atom. The number of carbonyl (C=O) groups is 1. The maximum Gasteiger partial charge on any atom is 0.226 e. The number of nitrogens with one attached hydrogen (secondary N) is 1. The number of hydrogen-bond acceptors (Lipinski definition) is 3. The van der Waals surface area contributed by atoms with Crippen molar-refractivity contribution in [3.05, 3.63) is 63.8 Å². The summed E-state index contributed by atoms with van der Waals surface area (Å²) < 4.78 is 2.89. The largest absolute Gasteiger partial charge is 0.311 e. The number of anilines is 1. The number of amides is 1. The van der Waals surface area contributed by atoms with Crippen molar-refractivity contribution in [3.8, 4) is 11.4 Å². The van der Waals surface area contributed by atoms with Crippen molar-refractivity contribution in [2.75, 3.05) is 5.32 Å². The SMILES string of the molecule is CCn1nc(-c2ccccn2)c2c1NC(=O)CC2c1ccc(Br)cc1C. The Labute approximate surface area is 160 Å². The molecule has 3 heterocycles. The van der Waals surface area contributed by atoms with E-state index in [-0.39, 0.29) is 11.8 Å². The van der Waals surface area contributed by atoms with Gasteiger partial charge in [0.15, 0.2) is 0 Å². The second kappa shape index (κ2) is 6.68. The monoisotopic (exact) mass is 410 g/mol. The number of rotatable bonds is 3. The lowest BCUT2D eigenvalue weighted by molar-refractivity contribution is -0.116. The van der Waals surface area contributed by atoms with Crippen LogP contribution in [-0.2, 0) is 11.3 Å². The highest BCUT2D eigenvalue weighted by Crippen LogP contribution is 2.43. The molecule has 4 rings (SSSR count). The molecule has 1 amide bonds. The third-order valence-corrected chi connectivity index (χ3v) is 5.29. The number of aryl methyl sites for hydroxylation is 2. The van der Waals surface area contributed by atoms with E-state index >= 15 is 0 Å². The molecule has 1 unspecified atom stereocenters. The van der Waals surface area contributed by atoms with Crippen molar-refractivity contribution in [2.45, 2.75) is 32.7 Å². The first-order chi connectivity index (χ1) is 12.6. The van der Waals surface area contributed by atoms with E-state index in [9.17, 15) is 4.79 Å². The van der Waals surface area contributed by atoms with Gasteiger partial charge in [0.2, 0.25) is 5.91 Å². The van der Waals surface area contributed by atoms with E-state index in [0.717, 1.165) is 38.4 Å². The Balaban J connectivity index is 1.95. The quantitative estimate of drug-likeness (QED) is 0.690. The van der Waals surface area contributed by atoms with Crippen LogP contribution in [0, 0.1) is 6.92 Å². The van der Waals surface area contributed by atoms with Gasteiger partial charge < -0.3 is 5.32 Å². The minimum Gasteiger partial charge on any atom is -0.311 e. The van der Waals surface area contributed by atoms with E-state index in [1.165, 1.54) is 0 Å². The third kappa shape index (κ3) is 2.84.